The molecule has 1 aliphatic heterocycles. The lowest BCUT2D eigenvalue weighted by atomic mass is 9.77. The van der Waals surface area contributed by atoms with Crippen molar-refractivity contribution in [2.24, 2.45) is 11.3 Å². The second-order valence-corrected chi connectivity index (χ2v) is 6.91. The molecule has 1 N–H and O–H groups in total. The Morgan fingerprint density at radius 3 is 2.74 bits per heavy atom. The average molecular weight is 282 g/mol. The van der Waals surface area contributed by atoms with Crippen molar-refractivity contribution in [1.29, 1.82) is 0 Å². The van der Waals surface area contributed by atoms with Crippen LogP contribution >= 0.6 is 11.6 Å². The van der Waals surface area contributed by atoms with E-state index in [4.69, 9.17) is 16.3 Å². The first-order chi connectivity index (χ1) is 8.91. The number of benzene rings is 1. The first-order valence-electron chi connectivity index (χ1n) is 7.00. The Morgan fingerprint density at radius 2 is 2.11 bits per heavy atom. The van der Waals surface area contributed by atoms with E-state index in [1.54, 1.807) is 0 Å². The molecule has 0 aliphatic carbocycles. The van der Waals surface area contributed by atoms with Gasteiger partial charge < -0.3 is 10.1 Å². The van der Waals surface area contributed by atoms with Crippen molar-refractivity contribution in [3.63, 3.8) is 0 Å². The number of fused-ring (bicyclic) bond motifs is 1. The van der Waals surface area contributed by atoms with Crippen molar-refractivity contribution < 1.29 is 4.74 Å². The van der Waals surface area contributed by atoms with Crippen LogP contribution in [0.2, 0.25) is 5.02 Å². The van der Waals surface area contributed by atoms with Crippen molar-refractivity contribution in [2.75, 3.05) is 20.2 Å². The average Bonchev–Trinajstić information content (AvgIpc) is 2.74. The Hall–Kier alpha value is -0.730. The van der Waals surface area contributed by atoms with Crippen LogP contribution in [0.3, 0.4) is 0 Å². The van der Waals surface area contributed by atoms with Crippen molar-refractivity contribution in [3.8, 4) is 5.75 Å². The third kappa shape index (κ3) is 3.43. The normalized spacial score (nSPS) is 16.1. The molecule has 0 spiro atoms. The standard InChI is InChI=1S/C16H24ClNO/c1-16(2,3)13(10-18-4)7-12-9-14(17)8-11-5-6-19-15(11)12/h8-9,13,18H,5-7,10H2,1-4H3. The van der Waals surface area contributed by atoms with Crippen LogP contribution in [0.1, 0.15) is 31.9 Å². The summed E-state index contributed by atoms with van der Waals surface area (Å²) in [4.78, 5) is 0. The van der Waals surface area contributed by atoms with Gasteiger partial charge in [0.15, 0.2) is 0 Å². The molecule has 1 aromatic carbocycles. The van der Waals surface area contributed by atoms with Crippen LogP contribution < -0.4 is 10.1 Å². The van der Waals surface area contributed by atoms with Crippen LogP contribution in [0.15, 0.2) is 12.1 Å². The summed E-state index contributed by atoms with van der Waals surface area (Å²) in [5.41, 5.74) is 2.78. The zero-order valence-corrected chi connectivity index (χ0v) is 13.1. The van der Waals surface area contributed by atoms with Crippen molar-refractivity contribution in [1.82, 2.24) is 5.32 Å². The van der Waals surface area contributed by atoms with E-state index in [0.29, 0.717) is 5.92 Å². The lowest BCUT2D eigenvalue weighted by Crippen LogP contribution is -2.31. The van der Waals surface area contributed by atoms with Gasteiger partial charge in [-0.3, -0.25) is 0 Å². The smallest absolute Gasteiger partial charge is 0.125 e. The molecule has 1 heterocycles. The molecular formula is C16H24ClNO. The monoisotopic (exact) mass is 281 g/mol. The fourth-order valence-corrected chi connectivity index (χ4v) is 2.96. The molecule has 1 aliphatic rings. The molecule has 106 valence electrons. The molecule has 0 amide bonds. The van der Waals surface area contributed by atoms with Gasteiger partial charge in [-0.2, -0.15) is 0 Å². The summed E-state index contributed by atoms with van der Waals surface area (Å²) in [6, 6.07) is 4.11. The van der Waals surface area contributed by atoms with Crippen LogP contribution in [0.4, 0.5) is 0 Å². The first-order valence-corrected chi connectivity index (χ1v) is 7.38. The van der Waals surface area contributed by atoms with E-state index in [0.717, 1.165) is 36.8 Å². The third-order valence-corrected chi connectivity index (χ3v) is 4.19. The molecule has 3 heteroatoms. The van der Waals surface area contributed by atoms with Crippen LogP contribution in [-0.2, 0) is 12.8 Å². The molecule has 1 aromatic rings. The predicted octanol–water partition coefficient (Wildman–Crippen LogP) is 3.70. The van der Waals surface area contributed by atoms with Crippen LogP contribution in [0.25, 0.3) is 0 Å². The maximum atomic E-state index is 6.23. The molecule has 2 rings (SSSR count). The van der Waals surface area contributed by atoms with E-state index in [-0.39, 0.29) is 5.41 Å². The van der Waals surface area contributed by atoms with E-state index in [9.17, 15) is 0 Å². The third-order valence-electron chi connectivity index (χ3n) is 3.97. The van der Waals surface area contributed by atoms with Gasteiger partial charge in [0.05, 0.1) is 6.61 Å². The lowest BCUT2D eigenvalue weighted by Gasteiger charge is -2.31. The number of ether oxygens (including phenoxy) is 1. The fourth-order valence-electron chi connectivity index (χ4n) is 2.69. The minimum atomic E-state index is 0.261. The quantitative estimate of drug-likeness (QED) is 0.909. The van der Waals surface area contributed by atoms with Gasteiger partial charge in [-0.1, -0.05) is 32.4 Å². The van der Waals surface area contributed by atoms with E-state index < -0.39 is 0 Å². The van der Waals surface area contributed by atoms with E-state index >= 15 is 0 Å². The number of hydrogen-bond acceptors (Lipinski definition) is 2. The Morgan fingerprint density at radius 1 is 1.37 bits per heavy atom. The highest BCUT2D eigenvalue weighted by Gasteiger charge is 2.27. The van der Waals surface area contributed by atoms with Gasteiger partial charge in [0.25, 0.3) is 0 Å². The predicted molar refractivity (Wildman–Crippen MR) is 81.2 cm³/mol. The molecule has 0 bridgehead atoms. The highest BCUT2D eigenvalue weighted by atomic mass is 35.5. The van der Waals surface area contributed by atoms with Gasteiger partial charge in [-0.25, -0.2) is 0 Å². The van der Waals surface area contributed by atoms with Gasteiger partial charge in [0.1, 0.15) is 5.75 Å². The maximum Gasteiger partial charge on any atom is 0.125 e. The number of hydrogen-bond donors (Lipinski definition) is 1. The van der Waals surface area contributed by atoms with Crippen molar-refractivity contribution >= 4 is 11.6 Å². The Balaban J connectivity index is 2.27. The Labute approximate surface area is 121 Å². The SMILES string of the molecule is CNCC(Cc1cc(Cl)cc2c1OCC2)C(C)(C)C. The van der Waals surface area contributed by atoms with Gasteiger partial charge in [-0.15, -0.1) is 0 Å². The summed E-state index contributed by atoms with van der Waals surface area (Å²) >= 11 is 6.23. The first kappa shape index (κ1) is 14.7. The Bertz CT molecular complexity index is 451. The van der Waals surface area contributed by atoms with E-state index in [2.05, 4.69) is 32.2 Å². The van der Waals surface area contributed by atoms with Gasteiger partial charge in [-0.05, 0) is 54.6 Å². The highest BCUT2D eigenvalue weighted by Crippen LogP contribution is 2.37. The molecule has 0 saturated heterocycles. The molecule has 19 heavy (non-hydrogen) atoms. The largest absolute Gasteiger partial charge is 0.493 e. The maximum absolute atomic E-state index is 6.23. The van der Waals surface area contributed by atoms with Crippen LogP contribution in [0.5, 0.6) is 5.75 Å². The second-order valence-electron chi connectivity index (χ2n) is 6.48. The minimum Gasteiger partial charge on any atom is -0.493 e. The summed E-state index contributed by atoms with van der Waals surface area (Å²) in [7, 11) is 2.01. The molecule has 0 fully saturated rings. The van der Waals surface area contributed by atoms with Gasteiger partial charge in [0.2, 0.25) is 0 Å². The van der Waals surface area contributed by atoms with Crippen molar-refractivity contribution in [2.45, 2.75) is 33.6 Å². The molecule has 0 radical (unpaired) electrons. The van der Waals surface area contributed by atoms with Crippen LogP contribution in [0, 0.1) is 11.3 Å². The topological polar surface area (TPSA) is 21.3 Å². The summed E-state index contributed by atoms with van der Waals surface area (Å²) in [5, 5.41) is 4.13. The van der Waals surface area contributed by atoms with Gasteiger partial charge in [0, 0.05) is 11.4 Å². The zero-order valence-electron chi connectivity index (χ0n) is 12.3. The van der Waals surface area contributed by atoms with Crippen molar-refractivity contribution in [3.05, 3.63) is 28.3 Å². The van der Waals surface area contributed by atoms with Crippen LogP contribution in [-0.4, -0.2) is 20.2 Å². The molecule has 1 unspecified atom stereocenters. The van der Waals surface area contributed by atoms with Gasteiger partial charge >= 0.3 is 0 Å². The number of halogens is 1. The number of rotatable bonds is 4. The summed E-state index contributed by atoms with van der Waals surface area (Å²) in [6.45, 7) is 8.67. The zero-order chi connectivity index (χ0) is 14.0. The summed E-state index contributed by atoms with van der Waals surface area (Å²) < 4.78 is 5.80. The molecule has 0 saturated carbocycles. The van der Waals surface area contributed by atoms with E-state index in [1.165, 1.54) is 11.1 Å². The molecular weight excluding hydrogens is 258 g/mol. The molecule has 0 aromatic heterocycles. The van der Waals surface area contributed by atoms with E-state index in [1.807, 2.05) is 13.1 Å². The summed E-state index contributed by atoms with van der Waals surface area (Å²) in [6.07, 6.45) is 1.99. The fraction of sp³-hybridized carbons (Fsp3) is 0.625. The minimum absolute atomic E-state index is 0.261. The Kier molecular flexibility index (Phi) is 4.42. The second kappa shape index (κ2) is 5.72. The number of nitrogens with one attached hydrogen (secondary N) is 1. The highest BCUT2D eigenvalue weighted by molar-refractivity contribution is 6.30. The summed E-state index contributed by atoms with van der Waals surface area (Å²) in [5.74, 6) is 1.64. The molecule has 2 nitrogen and oxygen atoms in total. The molecule has 1 atom stereocenters. The lowest BCUT2D eigenvalue weighted by molar-refractivity contribution is 0.232.